The maximum atomic E-state index is 12.9. The van der Waals surface area contributed by atoms with Gasteiger partial charge in [-0.05, 0) is 43.5 Å². The van der Waals surface area contributed by atoms with Crippen molar-refractivity contribution >= 4 is 17.5 Å². The average Bonchev–Trinajstić information content (AvgIpc) is 3.33. The first-order chi connectivity index (χ1) is 15.7. The molecule has 2 aromatic carbocycles. The molecule has 0 aliphatic carbocycles. The van der Waals surface area contributed by atoms with Crippen molar-refractivity contribution in [2.24, 2.45) is 0 Å². The molecule has 3 heterocycles. The van der Waals surface area contributed by atoms with Crippen LogP contribution >= 0.6 is 0 Å². The predicted octanol–water partition coefficient (Wildman–Crippen LogP) is 3.34. The Morgan fingerprint density at radius 1 is 1.09 bits per heavy atom. The molecule has 3 aromatic rings. The molecule has 2 aliphatic heterocycles. The molecule has 2 aliphatic rings. The molecule has 1 N–H and O–H groups in total. The van der Waals surface area contributed by atoms with E-state index in [4.69, 9.17) is 9.72 Å². The highest BCUT2D eigenvalue weighted by Gasteiger charge is 2.31. The zero-order valence-electron chi connectivity index (χ0n) is 17.7. The van der Waals surface area contributed by atoms with Crippen molar-refractivity contribution in [3.63, 3.8) is 0 Å². The maximum absolute atomic E-state index is 12.9. The monoisotopic (exact) mass is 431 g/mol. The van der Waals surface area contributed by atoms with Gasteiger partial charge >= 0.3 is 0 Å². The second-order valence-corrected chi connectivity index (χ2v) is 8.09. The number of hydrogen-bond acceptors (Lipinski definition) is 5. The highest BCUT2D eigenvalue weighted by Crippen LogP contribution is 2.31. The van der Waals surface area contributed by atoms with Crippen molar-refractivity contribution in [1.82, 2.24) is 20.1 Å². The van der Waals surface area contributed by atoms with E-state index in [1.165, 1.54) is 0 Å². The summed E-state index contributed by atoms with van der Waals surface area (Å²) in [5, 5.41) is 7.45. The van der Waals surface area contributed by atoms with Crippen LogP contribution in [0, 0.1) is 0 Å². The number of carbonyl (C=O) groups is 2. The highest BCUT2D eigenvalue weighted by atomic mass is 16.5. The third-order valence-electron chi connectivity index (χ3n) is 6.01. The van der Waals surface area contributed by atoms with E-state index in [1.54, 1.807) is 4.90 Å². The molecule has 164 valence electrons. The molecule has 8 heteroatoms. The molecule has 0 spiro atoms. The first-order valence-corrected chi connectivity index (χ1v) is 11.0. The highest BCUT2D eigenvalue weighted by molar-refractivity contribution is 5.99. The number of hydrogen-bond donors (Lipinski definition) is 1. The number of benzene rings is 2. The number of likely N-dealkylation sites (tertiary alicyclic amines) is 1. The lowest BCUT2D eigenvalue weighted by atomic mass is 10.0. The molecule has 2 saturated heterocycles. The molecule has 2 amide bonds. The maximum Gasteiger partial charge on any atom is 0.261 e. The van der Waals surface area contributed by atoms with Crippen LogP contribution in [0.3, 0.4) is 0 Å². The Balaban J connectivity index is 1.31. The number of aromatic amines is 1. The van der Waals surface area contributed by atoms with Gasteiger partial charge in [0.1, 0.15) is 11.6 Å². The van der Waals surface area contributed by atoms with Crippen LogP contribution in [0.15, 0.2) is 54.6 Å². The Kier molecular flexibility index (Phi) is 5.58. The number of piperidine rings is 1. The number of β-lactam (4-membered cyclic amide) rings is 1. The van der Waals surface area contributed by atoms with E-state index < -0.39 is 0 Å². The van der Waals surface area contributed by atoms with E-state index in [0.29, 0.717) is 30.4 Å². The fourth-order valence-electron chi connectivity index (χ4n) is 4.21. The minimum atomic E-state index is -0.156. The van der Waals surface area contributed by atoms with Crippen LogP contribution in [-0.4, -0.2) is 51.6 Å². The molecule has 1 aromatic heterocycles. The fourth-order valence-corrected chi connectivity index (χ4v) is 4.21. The summed E-state index contributed by atoms with van der Waals surface area (Å²) < 4.78 is 5.67. The molecule has 0 radical (unpaired) electrons. The standard InChI is InChI=1S/C24H25N5O3/c30-21-12-14-28(21)18-8-6-7-17(15-18)23-25-24(27-26-23)20-11-4-5-13-29(20)22(31)16-32-19-9-2-1-3-10-19/h1-3,6-10,15,20H,4-5,11-14,16H2,(H,25,26,27). The summed E-state index contributed by atoms with van der Waals surface area (Å²) in [6.07, 6.45) is 3.40. The van der Waals surface area contributed by atoms with Crippen LogP contribution in [0.1, 0.15) is 37.5 Å². The zero-order chi connectivity index (χ0) is 21.9. The fraction of sp³-hybridized carbons (Fsp3) is 0.333. The van der Waals surface area contributed by atoms with Crippen LogP contribution in [0.2, 0.25) is 0 Å². The minimum absolute atomic E-state index is 0.00653. The van der Waals surface area contributed by atoms with Gasteiger partial charge in [-0.1, -0.05) is 30.3 Å². The number of aromatic nitrogens is 3. The number of para-hydroxylation sites is 1. The summed E-state index contributed by atoms with van der Waals surface area (Å²) in [6.45, 7) is 1.41. The molecule has 5 rings (SSSR count). The first kappa shape index (κ1) is 20.2. The van der Waals surface area contributed by atoms with Gasteiger partial charge in [0.2, 0.25) is 5.91 Å². The quantitative estimate of drug-likeness (QED) is 0.605. The summed E-state index contributed by atoms with van der Waals surface area (Å²) in [7, 11) is 0. The smallest absolute Gasteiger partial charge is 0.261 e. The lowest BCUT2D eigenvalue weighted by Gasteiger charge is -2.34. The van der Waals surface area contributed by atoms with Gasteiger partial charge in [0, 0.05) is 30.8 Å². The molecule has 0 saturated carbocycles. The Morgan fingerprint density at radius 2 is 1.97 bits per heavy atom. The number of H-pyrrole nitrogens is 1. The number of amides is 2. The van der Waals surface area contributed by atoms with Gasteiger partial charge in [-0.2, -0.15) is 5.10 Å². The van der Waals surface area contributed by atoms with Crippen molar-refractivity contribution in [3.8, 4) is 17.1 Å². The van der Waals surface area contributed by atoms with Gasteiger partial charge in [0.15, 0.2) is 12.4 Å². The third kappa shape index (κ3) is 4.08. The number of anilines is 1. The van der Waals surface area contributed by atoms with E-state index in [1.807, 2.05) is 59.5 Å². The minimum Gasteiger partial charge on any atom is -0.484 e. The van der Waals surface area contributed by atoms with Crippen molar-refractivity contribution in [2.45, 2.75) is 31.7 Å². The summed E-state index contributed by atoms with van der Waals surface area (Å²) >= 11 is 0. The van der Waals surface area contributed by atoms with E-state index in [0.717, 1.165) is 37.1 Å². The molecular weight excluding hydrogens is 406 g/mol. The van der Waals surface area contributed by atoms with Gasteiger partial charge in [0.05, 0.1) is 6.04 Å². The Hall–Kier alpha value is -3.68. The summed E-state index contributed by atoms with van der Waals surface area (Å²) in [6, 6.07) is 16.9. The SMILES string of the molecule is O=C1CCN1c1cccc(-c2n[nH]c(C3CCCCN3C(=O)COc3ccccc3)n2)c1. The van der Waals surface area contributed by atoms with Crippen molar-refractivity contribution < 1.29 is 14.3 Å². The van der Waals surface area contributed by atoms with E-state index in [-0.39, 0.29) is 24.5 Å². The Bertz CT molecular complexity index is 1110. The van der Waals surface area contributed by atoms with Crippen molar-refractivity contribution in [3.05, 3.63) is 60.4 Å². The summed E-state index contributed by atoms with van der Waals surface area (Å²) in [5.74, 6) is 1.99. The van der Waals surface area contributed by atoms with Gasteiger partial charge in [0.25, 0.3) is 5.91 Å². The second-order valence-electron chi connectivity index (χ2n) is 8.09. The van der Waals surface area contributed by atoms with Crippen molar-refractivity contribution in [1.29, 1.82) is 0 Å². The van der Waals surface area contributed by atoms with Crippen LogP contribution in [0.4, 0.5) is 5.69 Å². The number of carbonyl (C=O) groups excluding carboxylic acids is 2. The molecule has 32 heavy (non-hydrogen) atoms. The van der Waals surface area contributed by atoms with E-state index in [9.17, 15) is 9.59 Å². The Morgan fingerprint density at radius 3 is 2.75 bits per heavy atom. The molecule has 1 atom stereocenters. The van der Waals surface area contributed by atoms with Gasteiger partial charge < -0.3 is 14.5 Å². The molecular formula is C24H25N5O3. The van der Waals surface area contributed by atoms with Crippen LogP contribution in [-0.2, 0) is 9.59 Å². The second kappa shape index (κ2) is 8.82. The van der Waals surface area contributed by atoms with E-state index >= 15 is 0 Å². The van der Waals surface area contributed by atoms with Crippen LogP contribution < -0.4 is 9.64 Å². The first-order valence-electron chi connectivity index (χ1n) is 11.0. The third-order valence-corrected chi connectivity index (χ3v) is 6.01. The molecule has 1 unspecified atom stereocenters. The molecule has 0 bridgehead atoms. The van der Waals surface area contributed by atoms with Gasteiger partial charge in [-0.25, -0.2) is 4.98 Å². The lowest BCUT2D eigenvalue weighted by Crippen LogP contribution is -2.43. The summed E-state index contributed by atoms with van der Waals surface area (Å²) in [4.78, 5) is 33.0. The van der Waals surface area contributed by atoms with Crippen LogP contribution in [0.25, 0.3) is 11.4 Å². The van der Waals surface area contributed by atoms with Gasteiger partial charge in [-0.3, -0.25) is 14.7 Å². The summed E-state index contributed by atoms with van der Waals surface area (Å²) in [5.41, 5.74) is 1.70. The zero-order valence-corrected chi connectivity index (χ0v) is 17.7. The van der Waals surface area contributed by atoms with E-state index in [2.05, 4.69) is 10.2 Å². The lowest BCUT2D eigenvalue weighted by molar-refractivity contribution is -0.137. The van der Waals surface area contributed by atoms with Crippen LogP contribution in [0.5, 0.6) is 5.75 Å². The topological polar surface area (TPSA) is 91.4 Å². The largest absolute Gasteiger partial charge is 0.484 e. The van der Waals surface area contributed by atoms with Crippen molar-refractivity contribution in [2.75, 3.05) is 24.6 Å². The normalized spacial score (nSPS) is 18.4. The Labute approximate surface area is 186 Å². The number of nitrogens with one attached hydrogen (secondary N) is 1. The predicted molar refractivity (Wildman–Crippen MR) is 119 cm³/mol. The number of nitrogens with zero attached hydrogens (tertiary/aromatic N) is 4. The average molecular weight is 431 g/mol. The number of ether oxygens (including phenoxy) is 1. The van der Waals surface area contributed by atoms with Gasteiger partial charge in [-0.15, -0.1) is 0 Å². The number of rotatable bonds is 6. The molecule has 2 fully saturated rings. The molecule has 8 nitrogen and oxygen atoms in total.